The van der Waals surface area contributed by atoms with Crippen LogP contribution < -0.4 is 5.56 Å². The summed E-state index contributed by atoms with van der Waals surface area (Å²) < 4.78 is 67.3. The van der Waals surface area contributed by atoms with Gasteiger partial charge in [0.05, 0.1) is 5.69 Å². The Morgan fingerprint density at radius 1 is 1.16 bits per heavy atom. The number of likely N-dealkylation sites (tertiary alicyclic amines) is 1. The molecule has 1 amide bonds. The van der Waals surface area contributed by atoms with E-state index in [0.29, 0.717) is 54.0 Å². The Hall–Kier alpha value is -2.72. The first-order valence-electron chi connectivity index (χ1n) is 10.1. The Kier molecular flexibility index (Phi) is 5.17. The first-order valence-corrected chi connectivity index (χ1v) is 10.1. The van der Waals surface area contributed by atoms with Crippen molar-refractivity contribution in [2.24, 2.45) is 5.92 Å². The summed E-state index contributed by atoms with van der Waals surface area (Å²) in [7, 11) is 0. The van der Waals surface area contributed by atoms with Crippen molar-refractivity contribution in [2.75, 3.05) is 13.1 Å². The summed E-state index contributed by atoms with van der Waals surface area (Å²) >= 11 is 0. The number of aromatic nitrogens is 3. The van der Waals surface area contributed by atoms with Crippen LogP contribution in [-0.2, 0) is 11.3 Å². The van der Waals surface area contributed by atoms with Gasteiger partial charge in [-0.05, 0) is 50.7 Å². The van der Waals surface area contributed by atoms with Crippen LogP contribution in [0.15, 0.2) is 23.0 Å². The molecule has 0 aliphatic carbocycles. The van der Waals surface area contributed by atoms with Crippen LogP contribution >= 0.6 is 0 Å². The largest absolute Gasteiger partial charge is 0.463 e. The van der Waals surface area contributed by atoms with E-state index < -0.39 is 18.0 Å². The smallest absolute Gasteiger partial charge is 0.337 e. The molecule has 1 saturated heterocycles. The van der Waals surface area contributed by atoms with Crippen molar-refractivity contribution < 1.29 is 26.7 Å². The van der Waals surface area contributed by atoms with E-state index >= 15 is 0 Å². The molecule has 1 aliphatic heterocycles. The van der Waals surface area contributed by atoms with E-state index in [1.165, 1.54) is 0 Å². The topological polar surface area (TPSA) is 59.6 Å². The van der Waals surface area contributed by atoms with Crippen molar-refractivity contribution in [3.63, 3.8) is 0 Å². The Labute approximate surface area is 173 Å². The van der Waals surface area contributed by atoms with Crippen molar-refractivity contribution >= 4 is 22.7 Å². The van der Waals surface area contributed by atoms with Gasteiger partial charge in [0.1, 0.15) is 16.8 Å². The number of carbonyl (C=O) groups is 1. The van der Waals surface area contributed by atoms with E-state index in [1.54, 1.807) is 11.5 Å². The zero-order valence-corrected chi connectivity index (χ0v) is 16.8. The maximum absolute atomic E-state index is 13.3. The number of aryl methyl sites for hydroxylation is 2. The molecule has 11 heteroatoms. The number of halogens is 5. The van der Waals surface area contributed by atoms with Gasteiger partial charge in [-0.3, -0.25) is 18.6 Å². The normalized spacial score (nSPS) is 16.6. The van der Waals surface area contributed by atoms with Crippen LogP contribution in [-0.4, -0.2) is 49.9 Å². The second kappa shape index (κ2) is 7.45. The molecular formula is C20H21F5N4O2. The summed E-state index contributed by atoms with van der Waals surface area (Å²) in [5, 5.41) is 0. The van der Waals surface area contributed by atoms with Crippen molar-refractivity contribution in [3.05, 3.63) is 34.2 Å². The molecule has 1 aliphatic rings. The molecule has 3 aromatic rings. The van der Waals surface area contributed by atoms with Gasteiger partial charge >= 0.3 is 18.0 Å². The number of rotatable bonds is 5. The summed E-state index contributed by atoms with van der Waals surface area (Å²) in [6.07, 6.45) is -3.85. The summed E-state index contributed by atoms with van der Waals surface area (Å²) in [6, 6.07) is 5.50. The van der Waals surface area contributed by atoms with Gasteiger partial charge in [0.15, 0.2) is 0 Å². The Morgan fingerprint density at radius 2 is 1.84 bits per heavy atom. The SMILES string of the molecule is Cc1nc2cccc3n(CCCC4CCN(C(=O)C(F)(F)C(F)(F)F)CC4)c(=O)c1n23. The van der Waals surface area contributed by atoms with Crippen LogP contribution in [0.1, 0.15) is 31.4 Å². The third-order valence-corrected chi connectivity index (χ3v) is 6.04. The molecule has 0 spiro atoms. The molecule has 0 radical (unpaired) electrons. The number of piperidine rings is 1. The fraction of sp³-hybridized carbons (Fsp3) is 0.550. The van der Waals surface area contributed by atoms with Crippen LogP contribution in [0.25, 0.3) is 16.8 Å². The molecule has 31 heavy (non-hydrogen) atoms. The number of amides is 1. The highest BCUT2D eigenvalue weighted by molar-refractivity contribution is 5.84. The first kappa shape index (κ1) is 21.5. The standard InChI is InChI=1S/C20H21F5N4O2/c1-12-16-17(30)28(15-6-2-5-14(26-12)29(15)16)9-3-4-13-7-10-27(11-8-13)18(31)19(21,22)20(23,24)25/h2,5-6,13H,3-4,7-11H2,1H3. The van der Waals surface area contributed by atoms with E-state index in [4.69, 9.17) is 0 Å². The fourth-order valence-electron chi connectivity index (χ4n) is 4.38. The van der Waals surface area contributed by atoms with Crippen LogP contribution in [0.4, 0.5) is 22.0 Å². The average molecular weight is 444 g/mol. The summed E-state index contributed by atoms with van der Waals surface area (Å²) in [5.74, 6) is -7.44. The predicted molar refractivity (Wildman–Crippen MR) is 102 cm³/mol. The number of imidazole rings is 2. The maximum Gasteiger partial charge on any atom is 0.463 e. The van der Waals surface area contributed by atoms with Crippen LogP contribution in [0.3, 0.4) is 0 Å². The van der Waals surface area contributed by atoms with E-state index in [-0.39, 0.29) is 24.6 Å². The highest BCUT2D eigenvalue weighted by atomic mass is 19.4. The number of hydrogen-bond acceptors (Lipinski definition) is 3. The fourth-order valence-corrected chi connectivity index (χ4v) is 4.38. The molecule has 4 rings (SSSR count). The lowest BCUT2D eigenvalue weighted by Gasteiger charge is -2.34. The zero-order chi connectivity index (χ0) is 22.6. The zero-order valence-electron chi connectivity index (χ0n) is 16.8. The van der Waals surface area contributed by atoms with Crippen molar-refractivity contribution in [2.45, 2.75) is 51.3 Å². The highest BCUT2D eigenvalue weighted by Crippen LogP contribution is 2.38. The van der Waals surface area contributed by atoms with Gasteiger partial charge in [0.2, 0.25) is 0 Å². The molecule has 0 aromatic carbocycles. The lowest BCUT2D eigenvalue weighted by atomic mass is 9.92. The summed E-state index contributed by atoms with van der Waals surface area (Å²) in [6.45, 7) is 1.98. The average Bonchev–Trinajstić information content (AvgIpc) is 3.20. The second-order valence-electron chi connectivity index (χ2n) is 8.03. The molecule has 168 valence electrons. The molecule has 0 atom stereocenters. The van der Waals surface area contributed by atoms with Crippen molar-refractivity contribution in [1.29, 1.82) is 0 Å². The van der Waals surface area contributed by atoms with Crippen LogP contribution in [0.2, 0.25) is 0 Å². The summed E-state index contributed by atoms with van der Waals surface area (Å²) in [4.78, 5) is 29.4. The molecule has 1 fully saturated rings. The van der Waals surface area contributed by atoms with Gasteiger partial charge in [-0.15, -0.1) is 0 Å². The quantitative estimate of drug-likeness (QED) is 0.565. The van der Waals surface area contributed by atoms with E-state index in [1.807, 2.05) is 22.6 Å². The predicted octanol–water partition coefficient (Wildman–Crippen LogP) is 3.61. The number of nitrogens with zero attached hydrogens (tertiary/aromatic N) is 4. The minimum Gasteiger partial charge on any atom is -0.337 e. The number of carbonyl (C=O) groups excluding carboxylic acids is 1. The third-order valence-electron chi connectivity index (χ3n) is 6.04. The van der Waals surface area contributed by atoms with Crippen LogP contribution in [0, 0.1) is 12.8 Å². The molecular weight excluding hydrogens is 423 g/mol. The molecule has 6 nitrogen and oxygen atoms in total. The molecule has 4 heterocycles. The van der Waals surface area contributed by atoms with E-state index in [0.717, 1.165) is 5.65 Å². The number of pyridine rings is 1. The minimum atomic E-state index is -5.89. The number of alkyl halides is 5. The Balaban J connectivity index is 1.35. The molecule has 0 N–H and O–H groups in total. The van der Waals surface area contributed by atoms with E-state index in [9.17, 15) is 31.5 Å². The molecule has 0 bridgehead atoms. The molecule has 0 saturated carbocycles. The third kappa shape index (κ3) is 3.53. The van der Waals surface area contributed by atoms with Gasteiger partial charge in [-0.2, -0.15) is 22.0 Å². The van der Waals surface area contributed by atoms with Gasteiger partial charge in [0, 0.05) is 19.6 Å². The lowest BCUT2D eigenvalue weighted by Crippen LogP contribution is -2.53. The molecule has 3 aromatic heterocycles. The Bertz CT molecular complexity index is 1160. The van der Waals surface area contributed by atoms with Crippen molar-refractivity contribution in [3.8, 4) is 0 Å². The second-order valence-corrected chi connectivity index (χ2v) is 8.03. The maximum atomic E-state index is 13.3. The highest BCUT2D eigenvalue weighted by Gasteiger charge is 2.64. The Morgan fingerprint density at radius 3 is 2.48 bits per heavy atom. The van der Waals surface area contributed by atoms with Gasteiger partial charge in [0.25, 0.3) is 5.56 Å². The van der Waals surface area contributed by atoms with Gasteiger partial charge in [-0.25, -0.2) is 4.98 Å². The lowest BCUT2D eigenvalue weighted by molar-refractivity contribution is -0.274. The first-order chi connectivity index (χ1) is 14.5. The van der Waals surface area contributed by atoms with Gasteiger partial charge < -0.3 is 4.90 Å². The monoisotopic (exact) mass is 444 g/mol. The van der Waals surface area contributed by atoms with E-state index in [2.05, 4.69) is 4.98 Å². The summed E-state index contributed by atoms with van der Waals surface area (Å²) in [5.41, 5.74) is 2.53. The van der Waals surface area contributed by atoms with Crippen LogP contribution in [0.5, 0.6) is 0 Å². The number of hydrogen-bond donors (Lipinski definition) is 0. The minimum absolute atomic E-state index is 0.0966. The van der Waals surface area contributed by atoms with Gasteiger partial charge in [-0.1, -0.05) is 6.07 Å². The van der Waals surface area contributed by atoms with Crippen molar-refractivity contribution in [1.82, 2.24) is 18.9 Å². The molecule has 0 unspecified atom stereocenters.